The van der Waals surface area contributed by atoms with Crippen LogP contribution in [0.2, 0.25) is 5.02 Å². The van der Waals surface area contributed by atoms with Crippen LogP contribution in [0.1, 0.15) is 24.2 Å². The van der Waals surface area contributed by atoms with Crippen LogP contribution in [0.15, 0.2) is 12.3 Å². The minimum atomic E-state index is -0.0164. The predicted octanol–water partition coefficient (Wildman–Crippen LogP) is 2.74. The smallest absolute Gasteiger partial charge is 0.255 e. The molecule has 0 radical (unpaired) electrons. The molecule has 1 saturated heterocycles. The van der Waals surface area contributed by atoms with Gasteiger partial charge in [0.25, 0.3) is 5.91 Å². The summed E-state index contributed by atoms with van der Waals surface area (Å²) >= 11 is 7.99. The van der Waals surface area contributed by atoms with E-state index in [0.717, 1.165) is 18.8 Å². The molecule has 1 fully saturated rings. The van der Waals surface area contributed by atoms with Crippen LogP contribution in [0.4, 0.5) is 5.82 Å². The van der Waals surface area contributed by atoms with Gasteiger partial charge < -0.3 is 10.2 Å². The molecule has 1 aliphatic heterocycles. The molecule has 0 unspecified atom stereocenters. The molecule has 2 heterocycles. The molecule has 0 atom stereocenters. The second-order valence-corrected chi connectivity index (χ2v) is 7.34. The van der Waals surface area contributed by atoms with Crippen molar-refractivity contribution in [3.8, 4) is 0 Å². The molecule has 0 saturated carbocycles. The van der Waals surface area contributed by atoms with Gasteiger partial charge in [-0.25, -0.2) is 4.98 Å². The number of aromatic nitrogens is 1. The normalized spacial score (nSPS) is 18.2. The van der Waals surface area contributed by atoms with Crippen LogP contribution < -0.4 is 5.32 Å². The number of hydrogen-bond acceptors (Lipinski definition) is 4. The zero-order valence-corrected chi connectivity index (χ0v) is 12.9. The SMILES string of the molecule is CNc1cc(C(=O)N2CCSC(C)(C)C2)c(Cl)cn1. The van der Waals surface area contributed by atoms with Crippen LogP contribution in [0, 0.1) is 0 Å². The van der Waals surface area contributed by atoms with E-state index in [1.165, 1.54) is 6.20 Å². The fourth-order valence-corrected chi connectivity index (χ4v) is 3.40. The first kappa shape index (κ1) is 14.5. The minimum Gasteiger partial charge on any atom is -0.373 e. The van der Waals surface area contributed by atoms with Gasteiger partial charge in [0.15, 0.2) is 0 Å². The van der Waals surface area contributed by atoms with E-state index >= 15 is 0 Å². The molecule has 0 spiro atoms. The van der Waals surface area contributed by atoms with E-state index in [1.807, 2.05) is 16.7 Å². The molecule has 19 heavy (non-hydrogen) atoms. The molecule has 0 bridgehead atoms. The van der Waals surface area contributed by atoms with Crippen molar-refractivity contribution in [3.63, 3.8) is 0 Å². The third-order valence-corrected chi connectivity index (χ3v) is 4.65. The molecular formula is C13H18ClN3OS. The Bertz CT molecular complexity index is 493. The van der Waals surface area contributed by atoms with Crippen molar-refractivity contribution in [1.29, 1.82) is 0 Å². The lowest BCUT2D eigenvalue weighted by molar-refractivity contribution is 0.0748. The van der Waals surface area contributed by atoms with Crippen molar-refractivity contribution < 1.29 is 4.79 Å². The average molecular weight is 300 g/mol. The van der Waals surface area contributed by atoms with E-state index in [2.05, 4.69) is 24.1 Å². The second kappa shape index (κ2) is 5.59. The molecule has 6 heteroatoms. The van der Waals surface area contributed by atoms with E-state index in [4.69, 9.17) is 11.6 Å². The molecule has 1 N–H and O–H groups in total. The number of pyridine rings is 1. The van der Waals surface area contributed by atoms with Crippen molar-refractivity contribution >= 4 is 35.1 Å². The Morgan fingerprint density at radius 1 is 1.58 bits per heavy atom. The first-order valence-electron chi connectivity index (χ1n) is 6.19. The standard InChI is InChI=1S/C13H18ClN3OS/c1-13(2)8-17(4-5-19-13)12(18)9-6-11(15-3)16-7-10(9)14/h6-7H,4-5,8H2,1-3H3,(H,15,16). The highest BCUT2D eigenvalue weighted by Crippen LogP contribution is 2.31. The average Bonchev–Trinajstić information content (AvgIpc) is 2.37. The fourth-order valence-electron chi connectivity index (χ4n) is 2.10. The van der Waals surface area contributed by atoms with Crippen LogP contribution >= 0.6 is 23.4 Å². The van der Waals surface area contributed by atoms with Gasteiger partial charge in [-0.3, -0.25) is 4.79 Å². The van der Waals surface area contributed by atoms with Crippen LogP contribution in [0.5, 0.6) is 0 Å². The van der Waals surface area contributed by atoms with Crippen molar-refractivity contribution in [1.82, 2.24) is 9.88 Å². The number of rotatable bonds is 2. The maximum absolute atomic E-state index is 12.6. The number of thioether (sulfide) groups is 1. The van der Waals surface area contributed by atoms with Crippen molar-refractivity contribution in [2.75, 3.05) is 31.2 Å². The summed E-state index contributed by atoms with van der Waals surface area (Å²) in [5.41, 5.74) is 0.517. The van der Waals surface area contributed by atoms with Crippen LogP contribution in [-0.4, -0.2) is 46.4 Å². The molecule has 1 amide bonds. The van der Waals surface area contributed by atoms with Gasteiger partial charge in [-0.15, -0.1) is 0 Å². The summed E-state index contributed by atoms with van der Waals surface area (Å²) in [6.45, 7) is 5.82. The number of nitrogens with one attached hydrogen (secondary N) is 1. The Labute approximate surface area is 122 Å². The zero-order valence-electron chi connectivity index (χ0n) is 11.4. The van der Waals surface area contributed by atoms with Crippen LogP contribution in [0.3, 0.4) is 0 Å². The number of anilines is 1. The van der Waals surface area contributed by atoms with Gasteiger partial charge in [0, 0.05) is 36.8 Å². The lowest BCUT2D eigenvalue weighted by atomic mass is 10.1. The summed E-state index contributed by atoms with van der Waals surface area (Å²) < 4.78 is 0.0965. The summed E-state index contributed by atoms with van der Waals surface area (Å²) in [5, 5.41) is 3.33. The van der Waals surface area contributed by atoms with Crippen molar-refractivity contribution in [2.45, 2.75) is 18.6 Å². The number of amides is 1. The van der Waals surface area contributed by atoms with Gasteiger partial charge >= 0.3 is 0 Å². The Kier molecular flexibility index (Phi) is 4.26. The van der Waals surface area contributed by atoms with E-state index in [1.54, 1.807) is 13.1 Å². The van der Waals surface area contributed by atoms with E-state index < -0.39 is 0 Å². The first-order valence-corrected chi connectivity index (χ1v) is 7.56. The maximum atomic E-state index is 12.6. The molecule has 0 aliphatic carbocycles. The summed E-state index contributed by atoms with van der Waals surface area (Å²) in [7, 11) is 1.77. The first-order chi connectivity index (χ1) is 8.93. The van der Waals surface area contributed by atoms with Gasteiger partial charge in [0.05, 0.1) is 10.6 Å². The van der Waals surface area contributed by atoms with Gasteiger partial charge in [0.1, 0.15) is 5.82 Å². The monoisotopic (exact) mass is 299 g/mol. The summed E-state index contributed by atoms with van der Waals surface area (Å²) in [6.07, 6.45) is 1.52. The number of carbonyl (C=O) groups excluding carboxylic acids is 1. The number of halogens is 1. The summed E-state index contributed by atoms with van der Waals surface area (Å²) in [5.74, 6) is 1.59. The molecule has 1 aliphatic rings. The topological polar surface area (TPSA) is 45.2 Å². The zero-order chi connectivity index (χ0) is 14.0. The Balaban J connectivity index is 2.24. The fraction of sp³-hybridized carbons (Fsp3) is 0.538. The maximum Gasteiger partial charge on any atom is 0.255 e. The van der Waals surface area contributed by atoms with Gasteiger partial charge in [-0.2, -0.15) is 11.8 Å². The molecule has 1 aromatic heterocycles. The summed E-state index contributed by atoms with van der Waals surface area (Å²) in [4.78, 5) is 18.5. The van der Waals surface area contributed by atoms with E-state index in [-0.39, 0.29) is 10.7 Å². The summed E-state index contributed by atoms with van der Waals surface area (Å²) in [6, 6.07) is 1.71. The lowest BCUT2D eigenvalue weighted by Gasteiger charge is -2.37. The van der Waals surface area contributed by atoms with Crippen molar-refractivity contribution in [2.24, 2.45) is 0 Å². The third-order valence-electron chi connectivity index (χ3n) is 3.05. The molecular weight excluding hydrogens is 282 g/mol. The Morgan fingerprint density at radius 3 is 2.95 bits per heavy atom. The third kappa shape index (κ3) is 3.34. The number of carbonyl (C=O) groups is 1. The number of hydrogen-bond donors (Lipinski definition) is 1. The molecule has 104 valence electrons. The van der Waals surface area contributed by atoms with Crippen LogP contribution in [0.25, 0.3) is 0 Å². The molecule has 4 nitrogen and oxygen atoms in total. The highest BCUT2D eigenvalue weighted by molar-refractivity contribution is 8.00. The second-order valence-electron chi connectivity index (χ2n) is 5.13. The van der Waals surface area contributed by atoms with Gasteiger partial charge in [-0.05, 0) is 19.9 Å². The predicted molar refractivity (Wildman–Crippen MR) is 81.2 cm³/mol. The van der Waals surface area contributed by atoms with Gasteiger partial charge in [-0.1, -0.05) is 11.6 Å². The minimum absolute atomic E-state index is 0.0164. The van der Waals surface area contributed by atoms with Gasteiger partial charge in [0.2, 0.25) is 0 Å². The quantitative estimate of drug-likeness (QED) is 0.912. The Hall–Kier alpha value is -0.940. The largest absolute Gasteiger partial charge is 0.373 e. The molecule has 1 aromatic rings. The van der Waals surface area contributed by atoms with Crippen molar-refractivity contribution in [3.05, 3.63) is 22.8 Å². The molecule has 0 aromatic carbocycles. The lowest BCUT2D eigenvalue weighted by Crippen LogP contribution is -2.46. The van der Waals surface area contributed by atoms with E-state index in [0.29, 0.717) is 16.4 Å². The highest BCUT2D eigenvalue weighted by atomic mass is 35.5. The number of nitrogens with zero attached hydrogens (tertiary/aromatic N) is 2. The Morgan fingerprint density at radius 2 is 2.32 bits per heavy atom. The van der Waals surface area contributed by atoms with Crippen LogP contribution in [-0.2, 0) is 0 Å². The van der Waals surface area contributed by atoms with E-state index in [9.17, 15) is 4.79 Å². The molecule has 2 rings (SSSR count). The highest BCUT2D eigenvalue weighted by Gasteiger charge is 2.31.